The molecule has 0 bridgehead atoms. The molecule has 1 heterocycles. The minimum Gasteiger partial charge on any atom is -0.375 e. The summed E-state index contributed by atoms with van der Waals surface area (Å²) in [5.74, 6) is -3.78. The lowest BCUT2D eigenvalue weighted by Crippen LogP contribution is -2.35. The van der Waals surface area contributed by atoms with Crippen LogP contribution in [0.1, 0.15) is 11.1 Å². The first-order valence-electron chi connectivity index (χ1n) is 8.94. The zero-order chi connectivity index (χ0) is 22.9. The lowest BCUT2D eigenvalue weighted by Gasteiger charge is -2.17. The smallest absolute Gasteiger partial charge is 0.282 e. The molecule has 0 aromatic heterocycles. The summed E-state index contributed by atoms with van der Waals surface area (Å²) in [5, 5.41) is 7.21. The number of aryl methyl sites for hydroxylation is 2. The van der Waals surface area contributed by atoms with Crippen LogP contribution in [0.25, 0.3) is 0 Å². The Morgan fingerprint density at radius 3 is 2.29 bits per heavy atom. The van der Waals surface area contributed by atoms with Crippen molar-refractivity contribution in [3.63, 3.8) is 0 Å². The number of carbonyl (C=O) groups is 3. The molecule has 0 spiro atoms. The van der Waals surface area contributed by atoms with Crippen molar-refractivity contribution in [1.29, 1.82) is 0 Å². The highest BCUT2D eigenvalue weighted by atomic mass is 35.5. The molecular formula is C20H17Cl2N5O3S. The maximum absolute atomic E-state index is 13.2. The lowest BCUT2D eigenvalue weighted by atomic mass is 10.0. The van der Waals surface area contributed by atoms with E-state index in [2.05, 4.69) is 15.8 Å². The fraction of sp³-hybridized carbons (Fsp3) is 0.150. The van der Waals surface area contributed by atoms with Crippen LogP contribution >= 0.6 is 35.4 Å². The second-order valence-corrected chi connectivity index (χ2v) is 8.08. The highest BCUT2D eigenvalue weighted by Gasteiger charge is 2.50. The fourth-order valence-corrected chi connectivity index (χ4v) is 3.62. The third-order valence-electron chi connectivity index (χ3n) is 4.56. The molecule has 2 aromatic rings. The molecule has 1 saturated heterocycles. The number of hydrogen-bond donors (Lipinski definition) is 3. The Hall–Kier alpha value is -3.01. The van der Waals surface area contributed by atoms with Crippen molar-refractivity contribution in [3.8, 4) is 0 Å². The number of anilines is 2. The summed E-state index contributed by atoms with van der Waals surface area (Å²) in [6.45, 7) is 3.44. The molecule has 31 heavy (non-hydrogen) atoms. The van der Waals surface area contributed by atoms with Gasteiger partial charge in [-0.3, -0.25) is 19.8 Å². The molecule has 1 aliphatic rings. The van der Waals surface area contributed by atoms with Gasteiger partial charge in [0.25, 0.3) is 11.8 Å². The molecule has 4 N–H and O–H groups in total. The van der Waals surface area contributed by atoms with E-state index < -0.39 is 23.6 Å². The Labute approximate surface area is 193 Å². The van der Waals surface area contributed by atoms with Crippen molar-refractivity contribution in [2.45, 2.75) is 13.8 Å². The molecule has 1 aliphatic heterocycles. The Balaban J connectivity index is 2.02. The highest BCUT2D eigenvalue weighted by molar-refractivity contribution is 7.80. The van der Waals surface area contributed by atoms with Gasteiger partial charge in [0, 0.05) is 15.7 Å². The number of nitrogens with zero attached hydrogens (tertiary/aromatic N) is 2. The normalized spacial score (nSPS) is 17.2. The van der Waals surface area contributed by atoms with Gasteiger partial charge in [0.1, 0.15) is 5.71 Å². The average molecular weight is 478 g/mol. The van der Waals surface area contributed by atoms with E-state index in [0.717, 1.165) is 4.90 Å². The van der Waals surface area contributed by atoms with E-state index in [1.54, 1.807) is 44.2 Å². The van der Waals surface area contributed by atoms with Crippen molar-refractivity contribution in [2.24, 2.45) is 16.8 Å². The molecule has 1 atom stereocenters. The summed E-state index contributed by atoms with van der Waals surface area (Å²) in [6, 6.07) is 9.52. The molecule has 1 fully saturated rings. The SMILES string of the molecule is Cc1cc(Cl)ccc1NC(=O)C1C(=O)N(c2ccc(Cl)cc2C)C(=O)/C1=N/NC(N)=S. The summed E-state index contributed by atoms with van der Waals surface area (Å²) >= 11 is 16.6. The molecular weight excluding hydrogens is 461 g/mol. The average Bonchev–Trinajstić information content (AvgIpc) is 2.92. The molecule has 160 valence electrons. The van der Waals surface area contributed by atoms with Crippen molar-refractivity contribution >= 4 is 75.3 Å². The maximum atomic E-state index is 13.2. The van der Waals surface area contributed by atoms with Crippen LogP contribution < -0.4 is 21.4 Å². The molecule has 0 radical (unpaired) electrons. The first kappa shape index (κ1) is 22.7. The molecule has 2 aromatic carbocycles. The van der Waals surface area contributed by atoms with E-state index in [1.807, 2.05) is 0 Å². The predicted molar refractivity (Wildman–Crippen MR) is 124 cm³/mol. The molecule has 3 amide bonds. The van der Waals surface area contributed by atoms with Crippen molar-refractivity contribution in [3.05, 3.63) is 57.6 Å². The summed E-state index contributed by atoms with van der Waals surface area (Å²) in [4.78, 5) is 40.2. The van der Waals surface area contributed by atoms with Gasteiger partial charge in [0.15, 0.2) is 11.0 Å². The Kier molecular flexibility index (Phi) is 6.59. The van der Waals surface area contributed by atoms with Gasteiger partial charge >= 0.3 is 0 Å². The molecule has 0 saturated carbocycles. The molecule has 0 aliphatic carbocycles. The third-order valence-corrected chi connectivity index (χ3v) is 5.12. The van der Waals surface area contributed by atoms with Crippen molar-refractivity contribution in [1.82, 2.24) is 5.43 Å². The number of amides is 3. The van der Waals surface area contributed by atoms with Crippen LogP contribution in [0.3, 0.4) is 0 Å². The molecule has 8 nitrogen and oxygen atoms in total. The largest absolute Gasteiger partial charge is 0.375 e. The number of imide groups is 1. The van der Waals surface area contributed by atoms with E-state index in [1.165, 1.54) is 6.07 Å². The molecule has 11 heteroatoms. The third kappa shape index (κ3) is 4.68. The van der Waals surface area contributed by atoms with Crippen LogP contribution in [0.2, 0.25) is 10.0 Å². The number of carbonyl (C=O) groups excluding carboxylic acids is 3. The summed E-state index contributed by atoms with van der Waals surface area (Å²) in [5.41, 5.74) is 9.33. The standard InChI is InChI=1S/C20H17Cl2N5O3S/c1-9-7-11(21)3-5-13(9)24-17(28)15-16(25-26-20(23)31)19(30)27(18(15)29)14-6-4-12(22)8-10(14)2/h3-8,15H,1-2H3,(H,24,28)(H3,23,26,31)/b25-16+. The van der Waals surface area contributed by atoms with Gasteiger partial charge in [-0.15, -0.1) is 0 Å². The Morgan fingerprint density at radius 1 is 1.10 bits per heavy atom. The zero-order valence-electron chi connectivity index (χ0n) is 16.4. The number of nitrogens with one attached hydrogen (secondary N) is 2. The number of halogens is 2. The summed E-state index contributed by atoms with van der Waals surface area (Å²) in [7, 11) is 0. The van der Waals surface area contributed by atoms with Crippen molar-refractivity contribution < 1.29 is 14.4 Å². The monoisotopic (exact) mass is 477 g/mol. The molecule has 3 rings (SSSR count). The first-order chi connectivity index (χ1) is 14.6. The highest BCUT2D eigenvalue weighted by Crippen LogP contribution is 2.31. The van der Waals surface area contributed by atoms with Crippen LogP contribution in [-0.4, -0.2) is 28.5 Å². The number of hydrazone groups is 1. The number of benzene rings is 2. The van der Waals surface area contributed by atoms with Crippen LogP contribution in [0, 0.1) is 19.8 Å². The second kappa shape index (κ2) is 9.01. The topological polar surface area (TPSA) is 117 Å². The van der Waals surface area contributed by atoms with Crippen LogP contribution in [-0.2, 0) is 14.4 Å². The van der Waals surface area contributed by atoms with E-state index in [0.29, 0.717) is 32.5 Å². The summed E-state index contributed by atoms with van der Waals surface area (Å²) in [6.07, 6.45) is 0. The van der Waals surface area contributed by atoms with Gasteiger partial charge in [-0.1, -0.05) is 23.2 Å². The first-order valence-corrected chi connectivity index (χ1v) is 10.1. The minimum absolute atomic E-state index is 0.221. The van der Waals surface area contributed by atoms with Gasteiger partial charge in [-0.2, -0.15) is 5.10 Å². The second-order valence-electron chi connectivity index (χ2n) is 6.76. The van der Waals surface area contributed by atoms with Gasteiger partial charge in [-0.25, -0.2) is 4.90 Å². The number of rotatable bonds is 4. The minimum atomic E-state index is -1.51. The Morgan fingerprint density at radius 2 is 1.71 bits per heavy atom. The van der Waals surface area contributed by atoms with Gasteiger partial charge in [0.2, 0.25) is 5.91 Å². The number of nitrogens with two attached hydrogens (primary N) is 1. The number of thiocarbonyl (C=S) groups is 1. The maximum Gasteiger partial charge on any atom is 0.282 e. The van der Waals surface area contributed by atoms with E-state index in [-0.39, 0.29) is 10.8 Å². The van der Waals surface area contributed by atoms with E-state index in [4.69, 9.17) is 41.2 Å². The van der Waals surface area contributed by atoms with Gasteiger partial charge < -0.3 is 11.1 Å². The zero-order valence-corrected chi connectivity index (χ0v) is 18.7. The summed E-state index contributed by atoms with van der Waals surface area (Å²) < 4.78 is 0. The van der Waals surface area contributed by atoms with E-state index in [9.17, 15) is 14.4 Å². The van der Waals surface area contributed by atoms with Gasteiger partial charge in [-0.05, 0) is 73.6 Å². The lowest BCUT2D eigenvalue weighted by molar-refractivity contribution is -0.127. The number of hydrogen-bond acceptors (Lipinski definition) is 5. The predicted octanol–water partition coefficient (Wildman–Crippen LogP) is 2.93. The molecule has 1 unspecified atom stereocenters. The van der Waals surface area contributed by atoms with Crippen LogP contribution in [0.4, 0.5) is 11.4 Å². The quantitative estimate of drug-likeness (QED) is 0.269. The van der Waals surface area contributed by atoms with Gasteiger partial charge in [0.05, 0.1) is 5.69 Å². The van der Waals surface area contributed by atoms with Crippen LogP contribution in [0.5, 0.6) is 0 Å². The fourth-order valence-electron chi connectivity index (χ4n) is 3.12. The Bertz CT molecular complexity index is 1150. The van der Waals surface area contributed by atoms with E-state index >= 15 is 0 Å². The van der Waals surface area contributed by atoms with Crippen LogP contribution in [0.15, 0.2) is 41.5 Å². The van der Waals surface area contributed by atoms with Crippen molar-refractivity contribution in [2.75, 3.05) is 10.2 Å².